The second-order valence-electron chi connectivity index (χ2n) is 12.5. The van der Waals surface area contributed by atoms with E-state index in [1.807, 2.05) is 0 Å². The number of allylic oxidation sites excluding steroid dienone is 3. The quantitative estimate of drug-likeness (QED) is 0.289. The van der Waals surface area contributed by atoms with Crippen LogP contribution in [0.1, 0.15) is 79.1 Å². The Bertz CT molecular complexity index is 1190. The summed E-state index contributed by atoms with van der Waals surface area (Å²) in [5, 5.41) is 0. The van der Waals surface area contributed by atoms with Crippen molar-refractivity contribution in [1.82, 2.24) is 0 Å². The molecule has 0 aromatic carbocycles. The summed E-state index contributed by atoms with van der Waals surface area (Å²) in [4.78, 5) is 50.5. The standard InChI is InChI=1S/C31H40O7/c1-16(32)21-14-23(28(34)36-5)26(29(35)37-6)22-15-25-20-8-7-18-13-19(38-17(2)33)9-11-30(18,3)24(20)10-12-31(25,4)27(21)22/h7,19-20,22,24-25H,8-15H2,1-6H3/t19-,20+,22-,24-,25-,30-,31-/m0/s1. The molecule has 5 aliphatic rings. The molecule has 5 aliphatic carbocycles. The zero-order chi connectivity index (χ0) is 27.6. The van der Waals surface area contributed by atoms with Gasteiger partial charge in [0.05, 0.1) is 25.4 Å². The van der Waals surface area contributed by atoms with Crippen molar-refractivity contribution in [3.05, 3.63) is 33.9 Å². The van der Waals surface area contributed by atoms with Crippen LogP contribution < -0.4 is 0 Å². The number of ketones is 1. The second-order valence-corrected chi connectivity index (χ2v) is 12.5. The zero-order valence-electron chi connectivity index (χ0n) is 23.5. The van der Waals surface area contributed by atoms with E-state index in [9.17, 15) is 19.2 Å². The van der Waals surface area contributed by atoms with Gasteiger partial charge in [0, 0.05) is 25.7 Å². The number of rotatable bonds is 4. The maximum absolute atomic E-state index is 13.1. The van der Waals surface area contributed by atoms with Gasteiger partial charge in [0.25, 0.3) is 0 Å². The summed E-state index contributed by atoms with van der Waals surface area (Å²) in [7, 11) is 2.65. The van der Waals surface area contributed by atoms with E-state index in [2.05, 4.69) is 19.9 Å². The summed E-state index contributed by atoms with van der Waals surface area (Å²) in [6.07, 6.45) is 8.80. The lowest BCUT2D eigenvalue weighted by Crippen LogP contribution is -2.50. The fraction of sp³-hybridized carbons (Fsp3) is 0.677. The highest BCUT2D eigenvalue weighted by Crippen LogP contribution is 2.69. The minimum Gasteiger partial charge on any atom is -0.466 e. The average molecular weight is 525 g/mol. The normalized spacial score (nSPS) is 37.7. The third-order valence-electron chi connectivity index (χ3n) is 10.8. The first-order valence-electron chi connectivity index (χ1n) is 14.0. The maximum atomic E-state index is 13.1. The van der Waals surface area contributed by atoms with Crippen molar-refractivity contribution in [1.29, 1.82) is 0 Å². The van der Waals surface area contributed by atoms with Gasteiger partial charge < -0.3 is 14.2 Å². The van der Waals surface area contributed by atoms with Crippen LogP contribution in [-0.2, 0) is 33.4 Å². The number of Topliss-reactive ketones (excluding diaryl/α,β-unsaturated/α-hetero) is 1. The Balaban J connectivity index is 1.55. The van der Waals surface area contributed by atoms with Gasteiger partial charge in [-0.15, -0.1) is 0 Å². The Hall–Kier alpha value is -2.70. The lowest BCUT2D eigenvalue weighted by atomic mass is 9.47. The molecular weight excluding hydrogens is 484 g/mol. The van der Waals surface area contributed by atoms with Crippen molar-refractivity contribution < 1.29 is 33.4 Å². The van der Waals surface area contributed by atoms with Crippen LogP contribution in [0.5, 0.6) is 0 Å². The molecule has 0 spiro atoms. The largest absolute Gasteiger partial charge is 0.466 e. The van der Waals surface area contributed by atoms with E-state index in [0.717, 1.165) is 50.5 Å². The molecule has 7 heteroatoms. The monoisotopic (exact) mass is 524 g/mol. The number of methoxy groups -OCH3 is 2. The fourth-order valence-electron chi connectivity index (χ4n) is 9.21. The Morgan fingerprint density at radius 1 is 0.895 bits per heavy atom. The fourth-order valence-corrected chi connectivity index (χ4v) is 9.21. The molecule has 0 bridgehead atoms. The van der Waals surface area contributed by atoms with Gasteiger partial charge in [0.2, 0.25) is 0 Å². The lowest BCUT2D eigenvalue weighted by Gasteiger charge is -2.57. The van der Waals surface area contributed by atoms with Gasteiger partial charge in [0.15, 0.2) is 5.78 Å². The Morgan fingerprint density at radius 3 is 2.21 bits per heavy atom. The molecule has 3 saturated carbocycles. The van der Waals surface area contributed by atoms with Crippen LogP contribution in [0.3, 0.4) is 0 Å². The molecule has 7 atom stereocenters. The molecule has 0 saturated heterocycles. The first-order valence-corrected chi connectivity index (χ1v) is 14.0. The maximum Gasteiger partial charge on any atom is 0.334 e. The van der Waals surface area contributed by atoms with Gasteiger partial charge in [-0.05, 0) is 85.2 Å². The number of hydrogen-bond acceptors (Lipinski definition) is 7. The molecule has 0 aromatic rings. The molecule has 7 nitrogen and oxygen atoms in total. The van der Waals surface area contributed by atoms with E-state index >= 15 is 0 Å². The zero-order valence-corrected chi connectivity index (χ0v) is 23.5. The molecule has 0 aliphatic heterocycles. The first kappa shape index (κ1) is 26.9. The minimum absolute atomic E-state index is 0.0408. The summed E-state index contributed by atoms with van der Waals surface area (Å²) in [6, 6.07) is 0. The van der Waals surface area contributed by atoms with E-state index in [1.54, 1.807) is 6.92 Å². The number of ether oxygens (including phenoxy) is 3. The van der Waals surface area contributed by atoms with Crippen LogP contribution in [0.25, 0.3) is 0 Å². The van der Waals surface area contributed by atoms with Crippen molar-refractivity contribution >= 4 is 23.7 Å². The Morgan fingerprint density at radius 2 is 1.58 bits per heavy atom. The van der Waals surface area contributed by atoms with Gasteiger partial charge in [-0.2, -0.15) is 0 Å². The smallest absolute Gasteiger partial charge is 0.334 e. The number of esters is 3. The van der Waals surface area contributed by atoms with Crippen molar-refractivity contribution in [2.75, 3.05) is 14.2 Å². The van der Waals surface area contributed by atoms with E-state index < -0.39 is 11.9 Å². The van der Waals surface area contributed by atoms with Crippen LogP contribution in [0.2, 0.25) is 0 Å². The molecule has 5 rings (SSSR count). The van der Waals surface area contributed by atoms with Gasteiger partial charge in [-0.25, -0.2) is 9.59 Å². The van der Waals surface area contributed by atoms with Gasteiger partial charge in [0.1, 0.15) is 6.10 Å². The molecule has 0 N–H and O–H groups in total. The van der Waals surface area contributed by atoms with Crippen molar-refractivity contribution in [2.45, 2.75) is 85.2 Å². The molecule has 206 valence electrons. The molecule has 0 heterocycles. The second kappa shape index (κ2) is 9.49. The number of carbonyl (C=O) groups is 4. The van der Waals surface area contributed by atoms with Crippen LogP contribution in [0.4, 0.5) is 0 Å². The molecule has 0 aromatic heterocycles. The van der Waals surface area contributed by atoms with E-state index in [-0.39, 0.29) is 52.5 Å². The first-order chi connectivity index (χ1) is 18.0. The van der Waals surface area contributed by atoms with Crippen LogP contribution in [0.15, 0.2) is 33.9 Å². The van der Waals surface area contributed by atoms with Crippen molar-refractivity contribution in [3.63, 3.8) is 0 Å². The van der Waals surface area contributed by atoms with E-state index in [4.69, 9.17) is 14.2 Å². The summed E-state index contributed by atoms with van der Waals surface area (Å²) < 4.78 is 15.8. The predicted molar refractivity (Wildman–Crippen MR) is 140 cm³/mol. The topological polar surface area (TPSA) is 96.0 Å². The molecule has 0 radical (unpaired) electrons. The van der Waals surface area contributed by atoms with E-state index in [0.29, 0.717) is 23.0 Å². The number of fused-ring (bicyclic) bond motifs is 7. The summed E-state index contributed by atoms with van der Waals surface area (Å²) in [6.45, 7) is 7.72. The average Bonchev–Trinajstić information content (AvgIpc) is 3.19. The third-order valence-corrected chi connectivity index (χ3v) is 10.8. The highest BCUT2D eigenvalue weighted by Gasteiger charge is 2.62. The summed E-state index contributed by atoms with van der Waals surface area (Å²) >= 11 is 0. The van der Waals surface area contributed by atoms with Crippen molar-refractivity contribution in [2.24, 2.45) is 34.5 Å². The van der Waals surface area contributed by atoms with Crippen molar-refractivity contribution in [3.8, 4) is 0 Å². The highest BCUT2D eigenvalue weighted by atomic mass is 16.5. The van der Waals surface area contributed by atoms with Crippen LogP contribution in [0, 0.1) is 34.5 Å². The van der Waals surface area contributed by atoms with Gasteiger partial charge in [-0.3, -0.25) is 9.59 Å². The van der Waals surface area contributed by atoms with Crippen LogP contribution in [-0.4, -0.2) is 44.0 Å². The molecular formula is C31H40O7. The molecule has 0 unspecified atom stereocenters. The SMILES string of the molecule is COC(=O)C1=C(C(=O)OC)[C@@H]2C[C@H]3[C@@H]4CC=C5C[C@@H](OC(C)=O)CC[C@]5(C)[C@H]4CC[C@]3(C)C2=C(C(C)=O)C1. The van der Waals surface area contributed by atoms with Gasteiger partial charge in [-0.1, -0.05) is 25.5 Å². The third kappa shape index (κ3) is 3.91. The predicted octanol–water partition coefficient (Wildman–Crippen LogP) is 5.04. The van der Waals surface area contributed by atoms with E-state index in [1.165, 1.54) is 26.7 Å². The molecule has 0 amide bonds. The summed E-state index contributed by atoms with van der Waals surface area (Å²) in [5.41, 5.74) is 3.63. The molecule has 38 heavy (non-hydrogen) atoms. The lowest BCUT2D eigenvalue weighted by molar-refractivity contribution is -0.148. The minimum atomic E-state index is -0.566. The summed E-state index contributed by atoms with van der Waals surface area (Å²) in [5.74, 6) is -0.445. The molecule has 3 fully saturated rings. The van der Waals surface area contributed by atoms with Crippen LogP contribution >= 0.6 is 0 Å². The Labute approximate surface area is 225 Å². The number of hydrogen-bond donors (Lipinski definition) is 0. The van der Waals surface area contributed by atoms with Gasteiger partial charge >= 0.3 is 17.9 Å². The highest BCUT2D eigenvalue weighted by molar-refractivity contribution is 6.06. The number of carbonyl (C=O) groups excluding carboxylic acids is 4. The Kier molecular flexibility index (Phi) is 6.72.